The van der Waals surface area contributed by atoms with Crippen LogP contribution in [0.4, 0.5) is 0 Å². The molecule has 3 heterocycles. The van der Waals surface area contributed by atoms with E-state index < -0.39 is 0 Å². The third-order valence-corrected chi connectivity index (χ3v) is 6.05. The zero-order chi connectivity index (χ0) is 19.0. The van der Waals surface area contributed by atoms with E-state index in [1.807, 2.05) is 37.5 Å². The fourth-order valence-corrected chi connectivity index (χ4v) is 4.63. The molecule has 2 fully saturated rings. The highest BCUT2D eigenvalue weighted by molar-refractivity contribution is 8.18. The number of rotatable bonds is 3. The summed E-state index contributed by atoms with van der Waals surface area (Å²) >= 11 is 1.44. The van der Waals surface area contributed by atoms with Crippen LogP contribution < -0.4 is 5.32 Å². The molecule has 2 aromatic heterocycles. The summed E-state index contributed by atoms with van der Waals surface area (Å²) in [6, 6.07) is 4.32. The number of nitrogens with zero attached hydrogens (tertiary/aromatic N) is 3. The number of thioether (sulfide) groups is 1. The molecule has 0 bridgehead atoms. The molecule has 6 nitrogen and oxygen atoms in total. The summed E-state index contributed by atoms with van der Waals surface area (Å²) in [5.74, 6) is 1.46. The Labute approximate surface area is 163 Å². The SMILES string of the molecule is Cc1cc(-n2c(C)cc(/C=C3\SC(=NC4CCCCC4)NC3=O)c2C)no1. The van der Waals surface area contributed by atoms with Gasteiger partial charge in [0.1, 0.15) is 5.76 Å². The number of hydrogen-bond acceptors (Lipinski definition) is 5. The van der Waals surface area contributed by atoms with Gasteiger partial charge in [0, 0.05) is 17.5 Å². The van der Waals surface area contributed by atoms with Crippen molar-refractivity contribution >= 4 is 28.9 Å². The smallest absolute Gasteiger partial charge is 0.264 e. The molecule has 0 aromatic carbocycles. The number of aryl methyl sites for hydroxylation is 2. The third kappa shape index (κ3) is 3.74. The van der Waals surface area contributed by atoms with E-state index in [1.54, 1.807) is 0 Å². The number of amidine groups is 1. The van der Waals surface area contributed by atoms with Crippen molar-refractivity contribution in [1.82, 2.24) is 15.0 Å². The Hall–Kier alpha value is -2.28. The minimum absolute atomic E-state index is 0.0726. The summed E-state index contributed by atoms with van der Waals surface area (Å²) < 4.78 is 7.24. The molecule has 1 saturated heterocycles. The van der Waals surface area contributed by atoms with Crippen LogP contribution in [0.2, 0.25) is 0 Å². The first-order chi connectivity index (χ1) is 13.0. The van der Waals surface area contributed by atoms with Gasteiger partial charge in [-0.2, -0.15) is 0 Å². The van der Waals surface area contributed by atoms with Gasteiger partial charge in [0.2, 0.25) is 0 Å². The van der Waals surface area contributed by atoms with Crippen LogP contribution >= 0.6 is 11.8 Å². The van der Waals surface area contributed by atoms with E-state index in [-0.39, 0.29) is 5.91 Å². The highest BCUT2D eigenvalue weighted by atomic mass is 32.2. The second-order valence-electron chi connectivity index (χ2n) is 7.25. The lowest BCUT2D eigenvalue weighted by Gasteiger charge is -2.17. The average Bonchev–Trinajstić information content (AvgIpc) is 3.28. The van der Waals surface area contributed by atoms with Gasteiger partial charge in [-0.25, -0.2) is 0 Å². The summed E-state index contributed by atoms with van der Waals surface area (Å²) in [6.07, 6.45) is 7.95. The Kier molecular flexibility index (Phi) is 4.95. The minimum Gasteiger partial charge on any atom is -0.360 e. The summed E-state index contributed by atoms with van der Waals surface area (Å²) in [7, 11) is 0. The Morgan fingerprint density at radius 1 is 1.26 bits per heavy atom. The van der Waals surface area contributed by atoms with Gasteiger partial charge in [0.05, 0.1) is 10.9 Å². The van der Waals surface area contributed by atoms with Gasteiger partial charge in [-0.05, 0) is 63.1 Å². The van der Waals surface area contributed by atoms with Crippen LogP contribution in [0.25, 0.3) is 11.9 Å². The predicted molar refractivity (Wildman–Crippen MR) is 108 cm³/mol. The first-order valence-corrected chi connectivity index (χ1v) is 10.2. The van der Waals surface area contributed by atoms with Gasteiger partial charge in [-0.3, -0.25) is 14.4 Å². The highest BCUT2D eigenvalue weighted by Crippen LogP contribution is 2.30. The van der Waals surface area contributed by atoms with Crippen molar-refractivity contribution in [2.75, 3.05) is 0 Å². The fourth-order valence-electron chi connectivity index (χ4n) is 3.75. The van der Waals surface area contributed by atoms with Crippen molar-refractivity contribution in [2.24, 2.45) is 4.99 Å². The largest absolute Gasteiger partial charge is 0.360 e. The number of hydrogen-bond donors (Lipinski definition) is 1. The third-order valence-electron chi connectivity index (χ3n) is 5.13. The molecular weight excluding hydrogens is 360 g/mol. The summed E-state index contributed by atoms with van der Waals surface area (Å²) in [5.41, 5.74) is 3.08. The van der Waals surface area contributed by atoms with E-state index in [0.717, 1.165) is 46.5 Å². The van der Waals surface area contributed by atoms with Crippen molar-refractivity contribution in [2.45, 2.75) is 58.9 Å². The monoisotopic (exact) mass is 384 g/mol. The Balaban J connectivity index is 1.58. The average molecular weight is 385 g/mol. The minimum atomic E-state index is -0.0726. The van der Waals surface area contributed by atoms with Crippen molar-refractivity contribution in [3.8, 4) is 5.82 Å². The Morgan fingerprint density at radius 3 is 2.74 bits per heavy atom. The molecule has 0 atom stereocenters. The molecule has 1 aliphatic heterocycles. The van der Waals surface area contributed by atoms with Gasteiger partial charge in [0.25, 0.3) is 5.91 Å². The maximum absolute atomic E-state index is 12.4. The topological polar surface area (TPSA) is 72.4 Å². The normalized spacial score (nSPS) is 21.4. The van der Waals surface area contributed by atoms with Gasteiger partial charge in [0.15, 0.2) is 11.0 Å². The van der Waals surface area contributed by atoms with E-state index in [2.05, 4.69) is 16.5 Å². The van der Waals surface area contributed by atoms with Crippen molar-refractivity contribution in [1.29, 1.82) is 0 Å². The number of nitrogens with one attached hydrogen (secondary N) is 1. The molecule has 0 spiro atoms. The van der Waals surface area contributed by atoms with Crippen LogP contribution in [-0.4, -0.2) is 26.8 Å². The van der Waals surface area contributed by atoms with E-state index in [9.17, 15) is 4.79 Å². The Morgan fingerprint density at radius 2 is 2.04 bits per heavy atom. The number of aliphatic imine (C=N–C) groups is 1. The molecule has 1 N–H and O–H groups in total. The van der Waals surface area contributed by atoms with Crippen LogP contribution in [0.3, 0.4) is 0 Å². The van der Waals surface area contributed by atoms with E-state index in [4.69, 9.17) is 9.52 Å². The number of carbonyl (C=O) groups is 1. The molecule has 7 heteroatoms. The Bertz CT molecular complexity index is 932. The first kappa shape index (κ1) is 18.1. The second kappa shape index (κ2) is 7.38. The molecule has 4 rings (SSSR count). The lowest BCUT2D eigenvalue weighted by molar-refractivity contribution is -0.115. The molecule has 1 aliphatic carbocycles. The molecule has 27 heavy (non-hydrogen) atoms. The predicted octanol–water partition coefficient (Wildman–Crippen LogP) is 4.28. The zero-order valence-corrected chi connectivity index (χ0v) is 16.7. The van der Waals surface area contributed by atoms with Gasteiger partial charge in [-0.15, -0.1) is 0 Å². The molecule has 0 unspecified atom stereocenters. The van der Waals surface area contributed by atoms with Gasteiger partial charge in [-0.1, -0.05) is 24.4 Å². The number of carbonyl (C=O) groups excluding carboxylic acids is 1. The van der Waals surface area contributed by atoms with Crippen LogP contribution in [0.1, 0.15) is 54.8 Å². The van der Waals surface area contributed by atoms with E-state index >= 15 is 0 Å². The quantitative estimate of drug-likeness (QED) is 0.802. The number of aromatic nitrogens is 2. The molecule has 142 valence electrons. The first-order valence-electron chi connectivity index (χ1n) is 9.42. The summed E-state index contributed by atoms with van der Waals surface area (Å²) in [4.78, 5) is 17.8. The highest BCUT2D eigenvalue weighted by Gasteiger charge is 2.26. The molecule has 1 saturated carbocycles. The summed E-state index contributed by atoms with van der Waals surface area (Å²) in [5, 5.41) is 7.76. The fraction of sp³-hybridized carbons (Fsp3) is 0.450. The molecular formula is C20H24N4O2S. The van der Waals surface area contributed by atoms with E-state index in [0.29, 0.717) is 10.9 Å². The van der Waals surface area contributed by atoms with Gasteiger partial charge < -0.3 is 9.84 Å². The molecule has 0 radical (unpaired) electrons. The number of amides is 1. The maximum Gasteiger partial charge on any atom is 0.264 e. The van der Waals surface area contributed by atoms with Crippen molar-refractivity contribution < 1.29 is 9.32 Å². The second-order valence-corrected chi connectivity index (χ2v) is 8.28. The van der Waals surface area contributed by atoms with Crippen LogP contribution in [0.5, 0.6) is 0 Å². The van der Waals surface area contributed by atoms with Crippen LogP contribution in [-0.2, 0) is 4.79 Å². The molecule has 2 aromatic rings. The lowest BCUT2D eigenvalue weighted by atomic mass is 9.96. The molecule has 2 aliphatic rings. The maximum atomic E-state index is 12.4. The zero-order valence-electron chi connectivity index (χ0n) is 15.9. The van der Waals surface area contributed by atoms with Gasteiger partial charge >= 0.3 is 0 Å². The van der Waals surface area contributed by atoms with Crippen LogP contribution in [0.15, 0.2) is 26.6 Å². The van der Waals surface area contributed by atoms with E-state index in [1.165, 1.54) is 31.0 Å². The lowest BCUT2D eigenvalue weighted by Crippen LogP contribution is -2.22. The molecule has 1 amide bonds. The van der Waals surface area contributed by atoms with Crippen LogP contribution in [0, 0.1) is 20.8 Å². The van der Waals surface area contributed by atoms with Crippen molar-refractivity contribution in [3.63, 3.8) is 0 Å². The van der Waals surface area contributed by atoms with Crippen molar-refractivity contribution in [3.05, 3.63) is 39.7 Å². The standard InChI is InChI=1S/C20H24N4O2S/c1-12-9-15(14(3)24(12)18-10-13(2)26-23-18)11-17-19(25)22-20(27-17)21-16-7-5-4-6-8-16/h9-11,16H,4-8H2,1-3H3,(H,21,22,25)/b17-11-. The summed E-state index contributed by atoms with van der Waals surface area (Å²) in [6.45, 7) is 5.93.